The fourth-order valence-electron chi connectivity index (χ4n) is 4.70. The standard InChI is InChI=1S/C30H31BrCl2N2O3/c31-26-18-24(33)15-16-28(26)38-20-29(36)35(19-22-11-13-23(32)14-12-22)27(17-21-7-3-1-4-8-21)30(37)34-25-9-5-2-6-10-25/h1,3-4,7-8,11-16,18,25,27H,2,5-6,9-10,17,19-20H2,(H,34,37)/t27-/m1/s1. The molecule has 8 heteroatoms. The van der Waals surface area contributed by atoms with Crippen molar-refractivity contribution < 1.29 is 14.3 Å². The summed E-state index contributed by atoms with van der Waals surface area (Å²) in [4.78, 5) is 29.2. The van der Waals surface area contributed by atoms with Crippen molar-refractivity contribution in [1.82, 2.24) is 10.2 Å². The van der Waals surface area contributed by atoms with Gasteiger partial charge in [0.05, 0.1) is 4.47 Å². The lowest BCUT2D eigenvalue weighted by Gasteiger charge is -2.33. The van der Waals surface area contributed by atoms with E-state index in [0.717, 1.165) is 36.8 Å². The van der Waals surface area contributed by atoms with E-state index in [4.69, 9.17) is 27.9 Å². The number of nitrogens with one attached hydrogen (secondary N) is 1. The van der Waals surface area contributed by atoms with Gasteiger partial charge < -0.3 is 15.0 Å². The zero-order valence-electron chi connectivity index (χ0n) is 21.0. The van der Waals surface area contributed by atoms with Crippen molar-refractivity contribution in [2.24, 2.45) is 0 Å². The van der Waals surface area contributed by atoms with E-state index in [1.165, 1.54) is 6.42 Å². The van der Waals surface area contributed by atoms with Gasteiger partial charge in [0, 0.05) is 29.1 Å². The molecule has 0 spiro atoms. The van der Waals surface area contributed by atoms with Gasteiger partial charge in [0.2, 0.25) is 5.91 Å². The molecule has 2 amide bonds. The van der Waals surface area contributed by atoms with Gasteiger partial charge >= 0.3 is 0 Å². The minimum atomic E-state index is -0.709. The van der Waals surface area contributed by atoms with Crippen LogP contribution in [0.15, 0.2) is 77.3 Å². The Morgan fingerprint density at radius 3 is 2.29 bits per heavy atom. The van der Waals surface area contributed by atoms with Crippen LogP contribution < -0.4 is 10.1 Å². The van der Waals surface area contributed by atoms with Crippen LogP contribution in [0.3, 0.4) is 0 Å². The molecule has 0 radical (unpaired) electrons. The molecule has 0 saturated heterocycles. The molecule has 0 aliphatic heterocycles. The lowest BCUT2D eigenvalue weighted by molar-refractivity contribution is -0.143. The molecule has 0 aromatic heterocycles. The SMILES string of the molecule is O=C(NC1CCCCC1)[C@@H](Cc1ccccc1)N(Cc1ccc(Cl)cc1)C(=O)COc1ccc(Cl)cc1Br. The third-order valence-corrected chi connectivity index (χ3v) is 7.84. The number of benzene rings is 3. The summed E-state index contributed by atoms with van der Waals surface area (Å²) in [5, 5.41) is 4.41. The first-order valence-electron chi connectivity index (χ1n) is 12.8. The number of carbonyl (C=O) groups excluding carboxylic acids is 2. The number of hydrogen-bond donors (Lipinski definition) is 1. The molecule has 1 N–H and O–H groups in total. The third-order valence-electron chi connectivity index (χ3n) is 6.73. The molecule has 4 rings (SSSR count). The second-order valence-corrected chi connectivity index (χ2v) is 11.3. The first kappa shape index (κ1) is 28.5. The molecule has 1 fully saturated rings. The van der Waals surface area contributed by atoms with Crippen LogP contribution in [0.4, 0.5) is 0 Å². The predicted octanol–water partition coefficient (Wildman–Crippen LogP) is 7.22. The topological polar surface area (TPSA) is 58.6 Å². The summed E-state index contributed by atoms with van der Waals surface area (Å²) < 4.78 is 6.52. The van der Waals surface area contributed by atoms with Gasteiger partial charge in [-0.3, -0.25) is 9.59 Å². The van der Waals surface area contributed by atoms with Gasteiger partial charge in [-0.05, 0) is 70.2 Å². The molecule has 1 aliphatic rings. The van der Waals surface area contributed by atoms with Crippen LogP contribution in [0, 0.1) is 0 Å². The van der Waals surface area contributed by atoms with Gasteiger partial charge in [-0.25, -0.2) is 0 Å². The maximum Gasteiger partial charge on any atom is 0.261 e. The zero-order chi connectivity index (χ0) is 26.9. The number of ether oxygens (including phenoxy) is 1. The Bertz CT molecular complexity index is 1220. The number of amides is 2. The summed E-state index contributed by atoms with van der Waals surface area (Å²) in [5.41, 5.74) is 1.85. The van der Waals surface area contributed by atoms with Gasteiger partial charge in [0.15, 0.2) is 6.61 Å². The van der Waals surface area contributed by atoms with E-state index in [0.29, 0.717) is 26.7 Å². The van der Waals surface area contributed by atoms with Crippen LogP contribution in [0.5, 0.6) is 5.75 Å². The first-order chi connectivity index (χ1) is 18.4. The fourth-order valence-corrected chi connectivity index (χ4v) is 5.62. The van der Waals surface area contributed by atoms with Gasteiger partial charge in [-0.15, -0.1) is 0 Å². The summed E-state index contributed by atoms with van der Waals surface area (Å²) in [7, 11) is 0. The summed E-state index contributed by atoms with van der Waals surface area (Å²) in [6, 6.07) is 21.6. The fraction of sp³-hybridized carbons (Fsp3) is 0.333. The maximum atomic E-state index is 13.8. The van der Waals surface area contributed by atoms with Gasteiger partial charge in [-0.1, -0.05) is 84.9 Å². The molecule has 3 aromatic carbocycles. The van der Waals surface area contributed by atoms with Crippen molar-refractivity contribution in [2.75, 3.05) is 6.61 Å². The van der Waals surface area contributed by atoms with Crippen LogP contribution in [-0.4, -0.2) is 35.4 Å². The smallest absolute Gasteiger partial charge is 0.261 e. The average molecular weight is 618 g/mol. The minimum Gasteiger partial charge on any atom is -0.483 e. The summed E-state index contributed by atoms with van der Waals surface area (Å²) in [6.45, 7) is 0.0204. The lowest BCUT2D eigenvalue weighted by atomic mass is 9.94. The van der Waals surface area contributed by atoms with Crippen molar-refractivity contribution in [1.29, 1.82) is 0 Å². The van der Waals surface area contributed by atoms with Crippen molar-refractivity contribution in [3.8, 4) is 5.75 Å². The second-order valence-electron chi connectivity index (χ2n) is 9.56. The molecule has 1 aliphatic carbocycles. The number of carbonyl (C=O) groups is 2. The molecule has 0 heterocycles. The molecule has 1 saturated carbocycles. The van der Waals surface area contributed by atoms with Gasteiger partial charge in [-0.2, -0.15) is 0 Å². The molecule has 0 unspecified atom stereocenters. The molecule has 200 valence electrons. The molecular formula is C30H31BrCl2N2O3. The summed E-state index contributed by atoms with van der Waals surface area (Å²) >= 11 is 15.6. The highest BCUT2D eigenvalue weighted by atomic mass is 79.9. The summed E-state index contributed by atoms with van der Waals surface area (Å²) in [5.74, 6) is 0.0673. The van der Waals surface area contributed by atoms with E-state index in [2.05, 4.69) is 21.2 Å². The highest BCUT2D eigenvalue weighted by Gasteiger charge is 2.32. The van der Waals surface area contributed by atoms with E-state index in [1.807, 2.05) is 42.5 Å². The van der Waals surface area contributed by atoms with Gasteiger partial charge in [0.1, 0.15) is 11.8 Å². The average Bonchev–Trinajstić information content (AvgIpc) is 2.92. The second kappa shape index (κ2) is 14.0. The van der Waals surface area contributed by atoms with E-state index in [1.54, 1.807) is 35.2 Å². The van der Waals surface area contributed by atoms with E-state index in [9.17, 15) is 9.59 Å². The van der Waals surface area contributed by atoms with Gasteiger partial charge in [0.25, 0.3) is 5.91 Å². The monoisotopic (exact) mass is 616 g/mol. The van der Waals surface area contributed by atoms with Crippen molar-refractivity contribution in [3.63, 3.8) is 0 Å². The van der Waals surface area contributed by atoms with E-state index >= 15 is 0 Å². The molecule has 5 nitrogen and oxygen atoms in total. The first-order valence-corrected chi connectivity index (χ1v) is 14.4. The zero-order valence-corrected chi connectivity index (χ0v) is 24.1. The predicted molar refractivity (Wildman–Crippen MR) is 156 cm³/mol. The van der Waals surface area contributed by atoms with E-state index in [-0.39, 0.29) is 31.0 Å². The van der Waals surface area contributed by atoms with Crippen LogP contribution in [-0.2, 0) is 22.6 Å². The Kier molecular flexibility index (Phi) is 10.5. The highest BCUT2D eigenvalue weighted by Crippen LogP contribution is 2.28. The molecule has 38 heavy (non-hydrogen) atoms. The minimum absolute atomic E-state index is 0.128. The van der Waals surface area contributed by atoms with E-state index < -0.39 is 6.04 Å². The van der Waals surface area contributed by atoms with Crippen molar-refractivity contribution in [2.45, 2.75) is 57.2 Å². The third kappa shape index (κ3) is 8.23. The Morgan fingerprint density at radius 2 is 1.61 bits per heavy atom. The van der Waals surface area contributed by atoms with Crippen molar-refractivity contribution in [3.05, 3.63) is 98.4 Å². The number of hydrogen-bond acceptors (Lipinski definition) is 3. The maximum absolute atomic E-state index is 13.8. The molecule has 1 atom stereocenters. The Balaban J connectivity index is 1.61. The van der Waals surface area contributed by atoms with Crippen LogP contribution in [0.25, 0.3) is 0 Å². The van der Waals surface area contributed by atoms with Crippen molar-refractivity contribution >= 4 is 50.9 Å². The Hall–Kier alpha value is -2.54. The largest absolute Gasteiger partial charge is 0.483 e. The lowest BCUT2D eigenvalue weighted by Crippen LogP contribution is -2.53. The molecule has 3 aromatic rings. The Labute approximate surface area is 242 Å². The van der Waals surface area contributed by atoms with Crippen LogP contribution >= 0.6 is 39.1 Å². The highest BCUT2D eigenvalue weighted by molar-refractivity contribution is 9.10. The number of rotatable bonds is 10. The Morgan fingerprint density at radius 1 is 0.921 bits per heavy atom. The van der Waals surface area contributed by atoms with Crippen LogP contribution in [0.2, 0.25) is 10.0 Å². The molecule has 0 bridgehead atoms. The quantitative estimate of drug-likeness (QED) is 0.261. The summed E-state index contributed by atoms with van der Waals surface area (Å²) in [6.07, 6.45) is 5.71. The number of halogens is 3. The normalized spacial score (nSPS) is 14.5. The number of nitrogens with zero attached hydrogens (tertiary/aromatic N) is 1. The van der Waals surface area contributed by atoms with Crippen LogP contribution in [0.1, 0.15) is 43.2 Å². The molecular weight excluding hydrogens is 587 g/mol.